The SMILES string of the molecule is Cc1nc(N(C)CC2CCCCO2)sc1C=O. The van der Waals surface area contributed by atoms with Gasteiger partial charge in [-0.1, -0.05) is 11.3 Å². The van der Waals surface area contributed by atoms with E-state index in [-0.39, 0.29) is 0 Å². The molecule has 0 aromatic carbocycles. The topological polar surface area (TPSA) is 42.4 Å². The Morgan fingerprint density at radius 1 is 1.59 bits per heavy atom. The molecule has 1 aliphatic rings. The van der Waals surface area contributed by atoms with E-state index in [1.54, 1.807) is 0 Å². The first-order chi connectivity index (χ1) is 8.20. The minimum atomic E-state index is 0.303. The number of likely N-dealkylation sites (N-methyl/N-ethyl adjacent to an activating group) is 1. The van der Waals surface area contributed by atoms with Gasteiger partial charge in [0.2, 0.25) is 0 Å². The molecule has 5 heteroatoms. The number of rotatable bonds is 4. The molecular weight excluding hydrogens is 236 g/mol. The molecule has 1 aliphatic heterocycles. The largest absolute Gasteiger partial charge is 0.376 e. The minimum absolute atomic E-state index is 0.303. The molecule has 17 heavy (non-hydrogen) atoms. The molecular formula is C12H18N2O2S. The molecule has 94 valence electrons. The number of aldehydes is 1. The van der Waals surface area contributed by atoms with Crippen LogP contribution in [-0.2, 0) is 4.74 Å². The van der Waals surface area contributed by atoms with Crippen LogP contribution < -0.4 is 4.90 Å². The summed E-state index contributed by atoms with van der Waals surface area (Å²) in [6.07, 6.45) is 4.72. The molecule has 0 aliphatic carbocycles. The van der Waals surface area contributed by atoms with Gasteiger partial charge >= 0.3 is 0 Å². The maximum absolute atomic E-state index is 10.8. The van der Waals surface area contributed by atoms with E-state index in [2.05, 4.69) is 9.88 Å². The molecule has 0 spiro atoms. The van der Waals surface area contributed by atoms with E-state index in [4.69, 9.17) is 4.74 Å². The molecule has 1 atom stereocenters. The van der Waals surface area contributed by atoms with Crippen LogP contribution in [0.2, 0.25) is 0 Å². The molecule has 1 unspecified atom stereocenters. The van der Waals surface area contributed by atoms with E-state index in [1.165, 1.54) is 24.2 Å². The lowest BCUT2D eigenvalue weighted by atomic mass is 10.1. The summed E-state index contributed by atoms with van der Waals surface area (Å²) in [4.78, 5) is 18.0. The Kier molecular flexibility index (Phi) is 4.12. The molecule has 1 aromatic rings. The minimum Gasteiger partial charge on any atom is -0.376 e. The lowest BCUT2D eigenvalue weighted by Crippen LogP contribution is -2.33. The number of ether oxygens (including phenoxy) is 1. The Morgan fingerprint density at radius 3 is 3.00 bits per heavy atom. The van der Waals surface area contributed by atoms with Crippen LogP contribution in [0.3, 0.4) is 0 Å². The number of hydrogen-bond donors (Lipinski definition) is 0. The summed E-state index contributed by atoms with van der Waals surface area (Å²) >= 11 is 1.45. The fraction of sp³-hybridized carbons (Fsp3) is 0.667. The highest BCUT2D eigenvalue weighted by Crippen LogP contribution is 2.25. The molecule has 2 rings (SSSR count). The second-order valence-corrected chi connectivity index (χ2v) is 5.44. The Bertz CT molecular complexity index is 386. The van der Waals surface area contributed by atoms with Gasteiger partial charge in [0.25, 0.3) is 0 Å². The molecule has 1 aromatic heterocycles. The van der Waals surface area contributed by atoms with Crippen molar-refractivity contribution in [2.45, 2.75) is 32.3 Å². The summed E-state index contributed by atoms with van der Waals surface area (Å²) in [5, 5.41) is 0.902. The van der Waals surface area contributed by atoms with Gasteiger partial charge in [-0.05, 0) is 26.2 Å². The highest BCUT2D eigenvalue weighted by atomic mass is 32.1. The molecule has 0 amide bonds. The first-order valence-corrected chi connectivity index (χ1v) is 6.77. The van der Waals surface area contributed by atoms with Crippen molar-refractivity contribution in [1.82, 2.24) is 4.98 Å². The molecule has 2 heterocycles. The maximum atomic E-state index is 10.8. The smallest absolute Gasteiger partial charge is 0.186 e. The van der Waals surface area contributed by atoms with E-state index < -0.39 is 0 Å². The second kappa shape index (κ2) is 5.60. The van der Waals surface area contributed by atoms with Crippen LogP contribution in [-0.4, -0.2) is 37.6 Å². The quantitative estimate of drug-likeness (QED) is 0.773. The Morgan fingerprint density at radius 2 is 2.41 bits per heavy atom. The fourth-order valence-electron chi connectivity index (χ4n) is 2.00. The van der Waals surface area contributed by atoms with Crippen LogP contribution in [0.15, 0.2) is 0 Å². The third kappa shape index (κ3) is 3.04. The number of carbonyl (C=O) groups excluding carboxylic acids is 1. The van der Waals surface area contributed by atoms with Crippen LogP contribution in [0, 0.1) is 6.92 Å². The van der Waals surface area contributed by atoms with Crippen molar-refractivity contribution < 1.29 is 9.53 Å². The highest BCUT2D eigenvalue weighted by molar-refractivity contribution is 7.17. The zero-order chi connectivity index (χ0) is 12.3. The van der Waals surface area contributed by atoms with Crippen molar-refractivity contribution in [2.75, 3.05) is 25.1 Å². The monoisotopic (exact) mass is 254 g/mol. The first-order valence-electron chi connectivity index (χ1n) is 5.96. The van der Waals surface area contributed by atoms with Crippen LogP contribution in [0.5, 0.6) is 0 Å². The Hall–Kier alpha value is -0.940. The van der Waals surface area contributed by atoms with E-state index in [0.717, 1.165) is 41.6 Å². The van der Waals surface area contributed by atoms with Crippen molar-refractivity contribution in [3.63, 3.8) is 0 Å². The summed E-state index contributed by atoms with van der Waals surface area (Å²) < 4.78 is 5.70. The average molecular weight is 254 g/mol. The van der Waals surface area contributed by atoms with Gasteiger partial charge in [-0.3, -0.25) is 4.79 Å². The van der Waals surface area contributed by atoms with Gasteiger partial charge < -0.3 is 9.64 Å². The van der Waals surface area contributed by atoms with Gasteiger partial charge in [-0.25, -0.2) is 4.98 Å². The van der Waals surface area contributed by atoms with Gasteiger partial charge in [0, 0.05) is 20.2 Å². The zero-order valence-corrected chi connectivity index (χ0v) is 11.1. The summed E-state index contributed by atoms with van der Waals surface area (Å²) in [6.45, 7) is 3.59. The number of anilines is 1. The van der Waals surface area contributed by atoms with Crippen molar-refractivity contribution >= 4 is 22.8 Å². The number of aryl methyl sites for hydroxylation is 1. The highest BCUT2D eigenvalue weighted by Gasteiger charge is 2.18. The number of aromatic nitrogens is 1. The van der Waals surface area contributed by atoms with Gasteiger partial charge in [-0.2, -0.15) is 0 Å². The Labute approximate surface area is 106 Å². The number of carbonyl (C=O) groups is 1. The van der Waals surface area contributed by atoms with Crippen molar-refractivity contribution in [3.8, 4) is 0 Å². The molecule has 4 nitrogen and oxygen atoms in total. The summed E-state index contributed by atoms with van der Waals surface area (Å²) in [5.41, 5.74) is 0.816. The van der Waals surface area contributed by atoms with E-state index in [0.29, 0.717) is 6.10 Å². The van der Waals surface area contributed by atoms with Crippen LogP contribution in [0.1, 0.15) is 34.6 Å². The van der Waals surface area contributed by atoms with Crippen molar-refractivity contribution in [3.05, 3.63) is 10.6 Å². The molecule has 1 fully saturated rings. The zero-order valence-electron chi connectivity index (χ0n) is 10.3. The summed E-state index contributed by atoms with van der Waals surface area (Å²) in [7, 11) is 2.00. The van der Waals surface area contributed by atoms with Crippen LogP contribution >= 0.6 is 11.3 Å². The van der Waals surface area contributed by atoms with E-state index >= 15 is 0 Å². The lowest BCUT2D eigenvalue weighted by Gasteiger charge is -2.27. The standard InChI is InChI=1S/C12H18N2O2S/c1-9-11(8-15)17-12(13-9)14(2)7-10-5-3-4-6-16-10/h8,10H,3-7H2,1-2H3. The van der Waals surface area contributed by atoms with Crippen molar-refractivity contribution in [1.29, 1.82) is 0 Å². The average Bonchev–Trinajstić information content (AvgIpc) is 2.72. The maximum Gasteiger partial charge on any atom is 0.186 e. The fourth-order valence-corrected chi connectivity index (χ4v) is 2.85. The molecule has 0 bridgehead atoms. The summed E-state index contributed by atoms with van der Waals surface area (Å²) in [5.74, 6) is 0. The van der Waals surface area contributed by atoms with Crippen molar-refractivity contribution in [2.24, 2.45) is 0 Å². The number of hydrogen-bond acceptors (Lipinski definition) is 5. The van der Waals surface area contributed by atoms with Gasteiger partial charge in [-0.15, -0.1) is 0 Å². The third-order valence-corrected chi connectivity index (χ3v) is 4.20. The predicted molar refractivity (Wildman–Crippen MR) is 69.1 cm³/mol. The van der Waals surface area contributed by atoms with Gasteiger partial charge in [0.15, 0.2) is 11.4 Å². The first kappa shape index (κ1) is 12.5. The van der Waals surface area contributed by atoms with Gasteiger partial charge in [0.05, 0.1) is 16.7 Å². The summed E-state index contributed by atoms with van der Waals surface area (Å²) in [6, 6.07) is 0. The lowest BCUT2D eigenvalue weighted by molar-refractivity contribution is 0.0216. The molecule has 1 saturated heterocycles. The Balaban J connectivity index is 1.98. The molecule has 0 saturated carbocycles. The van der Waals surface area contributed by atoms with Crippen LogP contribution in [0.4, 0.5) is 5.13 Å². The van der Waals surface area contributed by atoms with Crippen LogP contribution in [0.25, 0.3) is 0 Å². The second-order valence-electron chi connectivity index (χ2n) is 4.43. The van der Waals surface area contributed by atoms with Gasteiger partial charge in [0.1, 0.15) is 0 Å². The normalized spacial score (nSPS) is 20.2. The predicted octanol–water partition coefficient (Wildman–Crippen LogP) is 2.27. The molecule has 0 radical (unpaired) electrons. The number of thiazole rings is 1. The number of nitrogens with zero attached hydrogens (tertiary/aromatic N) is 2. The third-order valence-electron chi connectivity index (χ3n) is 3.01. The van der Waals surface area contributed by atoms with E-state index in [9.17, 15) is 4.79 Å². The molecule has 0 N–H and O–H groups in total. The van der Waals surface area contributed by atoms with E-state index in [1.807, 2.05) is 14.0 Å².